The number of hydrogen-bond acceptors (Lipinski definition) is 5. The van der Waals surface area contributed by atoms with Crippen LogP contribution in [0.4, 0.5) is 0 Å². The van der Waals surface area contributed by atoms with Crippen molar-refractivity contribution in [3.05, 3.63) is 65.2 Å². The van der Waals surface area contributed by atoms with Crippen molar-refractivity contribution in [2.24, 2.45) is 0 Å². The summed E-state index contributed by atoms with van der Waals surface area (Å²) in [6.45, 7) is 0.107. The molecule has 0 radical (unpaired) electrons. The molecule has 1 amide bonds. The molecule has 1 aliphatic heterocycles. The molecule has 6 heteroatoms. The zero-order valence-corrected chi connectivity index (χ0v) is 17.6. The Morgan fingerprint density at radius 3 is 2.52 bits per heavy atom. The van der Waals surface area contributed by atoms with Gasteiger partial charge >= 0.3 is 5.97 Å². The molecule has 0 saturated heterocycles. The second-order valence-corrected chi connectivity index (χ2v) is 7.90. The second-order valence-electron chi connectivity index (χ2n) is 7.90. The van der Waals surface area contributed by atoms with Crippen molar-refractivity contribution in [2.75, 3.05) is 13.7 Å². The molecule has 1 aliphatic carbocycles. The first-order chi connectivity index (χ1) is 15.1. The van der Waals surface area contributed by atoms with Gasteiger partial charge in [0.05, 0.1) is 12.7 Å². The molecule has 1 fully saturated rings. The van der Waals surface area contributed by atoms with Gasteiger partial charge in [-0.2, -0.15) is 0 Å². The standard InChI is InChI=1S/C25H27NO5/c1-29-21-13-11-17(12-14-21)23(24(27)26-20-8-3-2-4-9-20)31-25(28)19-15-18-7-5-6-10-22(18)30-16-19/h5-7,10-15,20,23H,2-4,8-9,16H2,1H3,(H,26,27)/t23-/m0/s1. The minimum absolute atomic E-state index is 0.107. The Bertz CT molecular complexity index is 960. The maximum absolute atomic E-state index is 13.1. The van der Waals surface area contributed by atoms with Gasteiger partial charge in [0.1, 0.15) is 18.1 Å². The van der Waals surface area contributed by atoms with E-state index in [9.17, 15) is 9.59 Å². The molecule has 1 atom stereocenters. The largest absolute Gasteiger partial charge is 0.497 e. The molecule has 0 spiro atoms. The summed E-state index contributed by atoms with van der Waals surface area (Å²) in [6, 6.07) is 14.6. The van der Waals surface area contributed by atoms with Gasteiger partial charge in [-0.1, -0.05) is 49.6 Å². The van der Waals surface area contributed by atoms with Crippen LogP contribution in [0.25, 0.3) is 6.08 Å². The van der Waals surface area contributed by atoms with Gasteiger partial charge in [-0.3, -0.25) is 4.79 Å². The average molecular weight is 421 g/mol. The number of para-hydroxylation sites is 1. The monoisotopic (exact) mass is 421 g/mol. The van der Waals surface area contributed by atoms with Crippen molar-refractivity contribution in [2.45, 2.75) is 44.2 Å². The highest BCUT2D eigenvalue weighted by Gasteiger charge is 2.29. The number of esters is 1. The summed E-state index contributed by atoms with van der Waals surface area (Å²) in [5.41, 5.74) is 1.79. The Kier molecular flexibility index (Phi) is 6.55. The summed E-state index contributed by atoms with van der Waals surface area (Å²) in [5, 5.41) is 3.07. The maximum atomic E-state index is 13.1. The van der Waals surface area contributed by atoms with Gasteiger partial charge in [-0.15, -0.1) is 0 Å². The summed E-state index contributed by atoms with van der Waals surface area (Å²) in [6.07, 6.45) is 6.00. The molecule has 1 saturated carbocycles. The smallest absolute Gasteiger partial charge is 0.338 e. The highest BCUT2D eigenvalue weighted by molar-refractivity contribution is 5.97. The van der Waals surface area contributed by atoms with Crippen molar-refractivity contribution in [3.63, 3.8) is 0 Å². The average Bonchev–Trinajstić information content (AvgIpc) is 2.82. The van der Waals surface area contributed by atoms with E-state index in [4.69, 9.17) is 14.2 Å². The minimum Gasteiger partial charge on any atom is -0.497 e. The van der Waals surface area contributed by atoms with Crippen LogP contribution in [0, 0.1) is 0 Å². The van der Waals surface area contributed by atoms with E-state index >= 15 is 0 Å². The van der Waals surface area contributed by atoms with Crippen LogP contribution in [-0.4, -0.2) is 31.6 Å². The van der Waals surface area contributed by atoms with Gasteiger partial charge in [0.15, 0.2) is 0 Å². The summed E-state index contributed by atoms with van der Waals surface area (Å²) in [5.74, 6) is 0.527. The SMILES string of the molecule is COc1ccc([C@H](OC(=O)C2=Cc3ccccc3OC2)C(=O)NC2CCCCC2)cc1. The molecular weight excluding hydrogens is 394 g/mol. The predicted molar refractivity (Wildman–Crippen MR) is 117 cm³/mol. The number of rotatable bonds is 6. The van der Waals surface area contributed by atoms with Gasteiger partial charge in [0.25, 0.3) is 5.91 Å². The fourth-order valence-corrected chi connectivity index (χ4v) is 3.99. The maximum Gasteiger partial charge on any atom is 0.338 e. The number of hydrogen-bond donors (Lipinski definition) is 1. The molecule has 6 nitrogen and oxygen atoms in total. The number of ether oxygens (including phenoxy) is 3. The molecule has 2 aromatic rings. The predicted octanol–water partition coefficient (Wildman–Crippen LogP) is 4.20. The molecule has 0 unspecified atom stereocenters. The molecular formula is C25H27NO5. The number of carbonyl (C=O) groups excluding carboxylic acids is 2. The molecule has 0 bridgehead atoms. The van der Waals surface area contributed by atoms with Crippen LogP contribution in [0.3, 0.4) is 0 Å². The van der Waals surface area contributed by atoms with E-state index < -0.39 is 12.1 Å². The van der Waals surface area contributed by atoms with E-state index in [1.165, 1.54) is 6.42 Å². The van der Waals surface area contributed by atoms with Gasteiger partial charge in [-0.05, 0) is 37.1 Å². The fourth-order valence-electron chi connectivity index (χ4n) is 3.99. The summed E-state index contributed by atoms with van der Waals surface area (Å²) < 4.78 is 16.6. The molecule has 2 aromatic carbocycles. The van der Waals surface area contributed by atoms with Gasteiger partial charge in [-0.25, -0.2) is 4.79 Å². The highest BCUT2D eigenvalue weighted by Crippen LogP contribution is 2.28. The van der Waals surface area contributed by atoms with Crippen LogP contribution in [0.2, 0.25) is 0 Å². The summed E-state index contributed by atoms with van der Waals surface area (Å²) in [7, 11) is 1.58. The van der Waals surface area contributed by atoms with Crippen LogP contribution in [-0.2, 0) is 14.3 Å². The number of carbonyl (C=O) groups is 2. The lowest BCUT2D eigenvalue weighted by molar-refractivity contribution is -0.153. The Hall–Kier alpha value is -3.28. The van der Waals surface area contributed by atoms with E-state index in [0.717, 1.165) is 37.0 Å². The lowest BCUT2D eigenvalue weighted by atomic mass is 9.95. The van der Waals surface area contributed by atoms with E-state index in [-0.39, 0.29) is 18.6 Å². The molecule has 2 aliphatic rings. The number of amides is 1. The van der Waals surface area contributed by atoms with Crippen molar-refractivity contribution >= 4 is 18.0 Å². The Labute approximate surface area is 182 Å². The normalized spacial score (nSPS) is 16.9. The molecule has 1 N–H and O–H groups in total. The first-order valence-electron chi connectivity index (χ1n) is 10.7. The molecule has 1 heterocycles. The second kappa shape index (κ2) is 9.69. The van der Waals surface area contributed by atoms with Crippen molar-refractivity contribution in [1.29, 1.82) is 0 Å². The quantitative estimate of drug-likeness (QED) is 0.708. The zero-order valence-electron chi connectivity index (χ0n) is 17.6. The topological polar surface area (TPSA) is 73.9 Å². The lowest BCUT2D eigenvalue weighted by Gasteiger charge is -2.26. The fraction of sp³-hybridized carbons (Fsp3) is 0.360. The third-order valence-corrected chi connectivity index (χ3v) is 5.73. The Balaban J connectivity index is 1.54. The first kappa shape index (κ1) is 21.0. The van der Waals surface area contributed by atoms with E-state index in [1.807, 2.05) is 24.3 Å². The van der Waals surface area contributed by atoms with Crippen LogP contribution in [0.5, 0.6) is 11.5 Å². The van der Waals surface area contributed by atoms with Gasteiger partial charge in [0.2, 0.25) is 6.10 Å². The van der Waals surface area contributed by atoms with Crippen LogP contribution < -0.4 is 14.8 Å². The Morgan fingerprint density at radius 2 is 1.77 bits per heavy atom. The highest BCUT2D eigenvalue weighted by atomic mass is 16.6. The summed E-state index contributed by atoms with van der Waals surface area (Å²) in [4.78, 5) is 26.0. The van der Waals surface area contributed by atoms with E-state index in [1.54, 1.807) is 37.5 Å². The van der Waals surface area contributed by atoms with Crippen molar-refractivity contribution in [3.8, 4) is 11.5 Å². The number of fused-ring (bicyclic) bond motifs is 1. The van der Waals surface area contributed by atoms with E-state index in [2.05, 4.69) is 5.32 Å². The van der Waals surface area contributed by atoms with Crippen LogP contribution in [0.15, 0.2) is 54.1 Å². The Morgan fingerprint density at radius 1 is 1.03 bits per heavy atom. The van der Waals surface area contributed by atoms with Gasteiger partial charge in [0, 0.05) is 17.2 Å². The first-order valence-corrected chi connectivity index (χ1v) is 10.7. The van der Waals surface area contributed by atoms with Crippen molar-refractivity contribution < 1.29 is 23.8 Å². The zero-order chi connectivity index (χ0) is 21.6. The van der Waals surface area contributed by atoms with Gasteiger partial charge < -0.3 is 19.5 Å². The molecule has 4 rings (SSSR count). The van der Waals surface area contributed by atoms with Crippen LogP contribution in [0.1, 0.15) is 49.3 Å². The molecule has 0 aromatic heterocycles. The number of methoxy groups -OCH3 is 1. The minimum atomic E-state index is -1.04. The number of nitrogens with one attached hydrogen (secondary N) is 1. The summed E-state index contributed by atoms with van der Waals surface area (Å²) >= 11 is 0. The van der Waals surface area contributed by atoms with Crippen LogP contribution >= 0.6 is 0 Å². The third-order valence-electron chi connectivity index (χ3n) is 5.73. The molecule has 162 valence electrons. The number of benzene rings is 2. The lowest BCUT2D eigenvalue weighted by Crippen LogP contribution is -2.40. The third kappa shape index (κ3) is 5.08. The molecule has 31 heavy (non-hydrogen) atoms. The van der Waals surface area contributed by atoms with E-state index in [0.29, 0.717) is 16.9 Å². The van der Waals surface area contributed by atoms with Crippen molar-refractivity contribution in [1.82, 2.24) is 5.32 Å².